The van der Waals surface area contributed by atoms with E-state index in [-0.39, 0.29) is 12.1 Å². The lowest BCUT2D eigenvalue weighted by molar-refractivity contribution is -0.148. The number of benzene rings is 1. The van der Waals surface area contributed by atoms with Gasteiger partial charge in [0.15, 0.2) is 0 Å². The minimum atomic E-state index is -0.137. The number of rotatable bonds is 7. The second kappa shape index (κ2) is 8.82. The van der Waals surface area contributed by atoms with Gasteiger partial charge in [0, 0.05) is 6.92 Å². The van der Waals surface area contributed by atoms with Crippen LogP contribution in [0.1, 0.15) is 57.4 Å². The molecule has 1 saturated carbocycles. The van der Waals surface area contributed by atoms with Gasteiger partial charge in [0.2, 0.25) is 0 Å². The molecule has 1 fully saturated rings. The van der Waals surface area contributed by atoms with Crippen LogP contribution in [0.2, 0.25) is 0 Å². The first kappa shape index (κ1) is 16.9. The standard InChI is InChI=1S/C19H28O3/c1-15(20)22-18-12-10-16(11-13-18)6-3-4-7-17-8-5-9-19(14-17)21-2/h5,8-9,14,16,18H,3-4,6-7,10-13H2,1-2H3. The van der Waals surface area contributed by atoms with Crippen molar-refractivity contribution < 1.29 is 14.3 Å². The summed E-state index contributed by atoms with van der Waals surface area (Å²) in [7, 11) is 1.71. The number of hydrogen-bond donors (Lipinski definition) is 0. The van der Waals surface area contributed by atoms with Crippen LogP contribution in [0.3, 0.4) is 0 Å². The first-order valence-corrected chi connectivity index (χ1v) is 8.47. The van der Waals surface area contributed by atoms with E-state index in [1.54, 1.807) is 7.11 Å². The summed E-state index contributed by atoms with van der Waals surface area (Å²) in [6.07, 6.45) is 9.60. The summed E-state index contributed by atoms with van der Waals surface area (Å²) in [6, 6.07) is 8.35. The molecule has 0 bridgehead atoms. The highest BCUT2D eigenvalue weighted by Crippen LogP contribution is 2.30. The molecule has 1 aromatic carbocycles. The van der Waals surface area contributed by atoms with E-state index in [9.17, 15) is 4.79 Å². The SMILES string of the molecule is COc1cccc(CCCCC2CCC(OC(C)=O)CC2)c1. The van der Waals surface area contributed by atoms with Gasteiger partial charge in [-0.05, 0) is 62.1 Å². The summed E-state index contributed by atoms with van der Waals surface area (Å²) in [4.78, 5) is 11.0. The molecular weight excluding hydrogens is 276 g/mol. The Morgan fingerprint density at radius 3 is 2.64 bits per heavy atom. The molecule has 1 aliphatic rings. The summed E-state index contributed by atoms with van der Waals surface area (Å²) in [5.74, 6) is 1.63. The van der Waals surface area contributed by atoms with E-state index >= 15 is 0 Å². The molecule has 0 saturated heterocycles. The van der Waals surface area contributed by atoms with Gasteiger partial charge in [0.05, 0.1) is 7.11 Å². The average Bonchev–Trinajstić information content (AvgIpc) is 2.53. The van der Waals surface area contributed by atoms with Crippen molar-refractivity contribution in [3.8, 4) is 5.75 Å². The first-order chi connectivity index (χ1) is 10.7. The molecule has 0 aromatic heterocycles. The summed E-state index contributed by atoms with van der Waals surface area (Å²) in [5, 5.41) is 0. The summed E-state index contributed by atoms with van der Waals surface area (Å²) >= 11 is 0. The Morgan fingerprint density at radius 2 is 1.95 bits per heavy atom. The number of methoxy groups -OCH3 is 1. The van der Waals surface area contributed by atoms with Gasteiger partial charge in [-0.3, -0.25) is 4.79 Å². The lowest BCUT2D eigenvalue weighted by Gasteiger charge is -2.28. The molecule has 1 aromatic rings. The van der Waals surface area contributed by atoms with E-state index in [1.807, 2.05) is 6.07 Å². The van der Waals surface area contributed by atoms with Crippen LogP contribution in [-0.4, -0.2) is 19.2 Å². The van der Waals surface area contributed by atoms with Crippen LogP contribution in [-0.2, 0) is 16.0 Å². The smallest absolute Gasteiger partial charge is 0.302 e. The predicted octanol–water partition coefficient (Wildman–Crippen LogP) is 4.53. The molecule has 1 aliphatic carbocycles. The van der Waals surface area contributed by atoms with Crippen molar-refractivity contribution in [3.63, 3.8) is 0 Å². The number of aryl methyl sites for hydroxylation is 1. The van der Waals surface area contributed by atoms with Crippen LogP contribution in [0.5, 0.6) is 5.75 Å². The lowest BCUT2D eigenvalue weighted by Crippen LogP contribution is -2.23. The quantitative estimate of drug-likeness (QED) is 0.548. The molecule has 122 valence electrons. The third kappa shape index (κ3) is 5.70. The third-order valence-electron chi connectivity index (χ3n) is 4.59. The van der Waals surface area contributed by atoms with Crippen molar-refractivity contribution in [1.29, 1.82) is 0 Å². The van der Waals surface area contributed by atoms with E-state index in [2.05, 4.69) is 18.2 Å². The second-order valence-electron chi connectivity index (χ2n) is 6.35. The summed E-state index contributed by atoms with van der Waals surface area (Å²) in [5.41, 5.74) is 1.36. The Kier molecular flexibility index (Phi) is 6.75. The molecule has 0 N–H and O–H groups in total. The molecule has 0 radical (unpaired) electrons. The van der Waals surface area contributed by atoms with Gasteiger partial charge < -0.3 is 9.47 Å². The molecule has 2 rings (SSSR count). The van der Waals surface area contributed by atoms with Crippen LogP contribution in [0.4, 0.5) is 0 Å². The zero-order chi connectivity index (χ0) is 15.8. The minimum Gasteiger partial charge on any atom is -0.497 e. The highest BCUT2D eigenvalue weighted by atomic mass is 16.5. The predicted molar refractivity (Wildman–Crippen MR) is 88.1 cm³/mol. The van der Waals surface area contributed by atoms with Gasteiger partial charge >= 0.3 is 5.97 Å². The molecule has 0 atom stereocenters. The normalized spacial score (nSPS) is 21.4. The van der Waals surface area contributed by atoms with Crippen molar-refractivity contribution in [2.24, 2.45) is 5.92 Å². The fourth-order valence-corrected chi connectivity index (χ4v) is 3.36. The zero-order valence-electron chi connectivity index (χ0n) is 13.8. The third-order valence-corrected chi connectivity index (χ3v) is 4.59. The molecule has 0 spiro atoms. The molecule has 22 heavy (non-hydrogen) atoms. The Balaban J connectivity index is 1.60. The van der Waals surface area contributed by atoms with E-state index in [4.69, 9.17) is 9.47 Å². The van der Waals surface area contributed by atoms with Crippen molar-refractivity contribution >= 4 is 5.97 Å². The molecule has 0 aliphatic heterocycles. The summed E-state index contributed by atoms with van der Waals surface area (Å²) < 4.78 is 10.6. The van der Waals surface area contributed by atoms with Crippen LogP contribution < -0.4 is 4.74 Å². The Hall–Kier alpha value is -1.51. The van der Waals surface area contributed by atoms with Crippen molar-refractivity contribution in [3.05, 3.63) is 29.8 Å². The topological polar surface area (TPSA) is 35.5 Å². The first-order valence-electron chi connectivity index (χ1n) is 8.47. The van der Waals surface area contributed by atoms with Gasteiger partial charge in [-0.15, -0.1) is 0 Å². The monoisotopic (exact) mass is 304 g/mol. The number of hydrogen-bond acceptors (Lipinski definition) is 3. The maximum atomic E-state index is 11.0. The molecule has 0 unspecified atom stereocenters. The Bertz CT molecular complexity index is 462. The van der Waals surface area contributed by atoms with Crippen LogP contribution >= 0.6 is 0 Å². The number of carbonyl (C=O) groups excluding carboxylic acids is 1. The average molecular weight is 304 g/mol. The Morgan fingerprint density at radius 1 is 1.18 bits per heavy atom. The van der Waals surface area contributed by atoms with Crippen LogP contribution in [0, 0.1) is 5.92 Å². The number of carbonyl (C=O) groups is 1. The van der Waals surface area contributed by atoms with Gasteiger partial charge in [-0.1, -0.05) is 25.0 Å². The molecule has 0 amide bonds. The van der Waals surface area contributed by atoms with Gasteiger partial charge in [-0.2, -0.15) is 0 Å². The molecule has 0 heterocycles. The fourth-order valence-electron chi connectivity index (χ4n) is 3.36. The van der Waals surface area contributed by atoms with Crippen molar-refractivity contribution in [2.45, 2.75) is 64.4 Å². The maximum Gasteiger partial charge on any atom is 0.302 e. The number of esters is 1. The van der Waals surface area contributed by atoms with Crippen LogP contribution in [0.25, 0.3) is 0 Å². The van der Waals surface area contributed by atoms with Crippen LogP contribution in [0.15, 0.2) is 24.3 Å². The van der Waals surface area contributed by atoms with E-state index in [1.165, 1.54) is 44.6 Å². The lowest BCUT2D eigenvalue weighted by atomic mass is 9.84. The zero-order valence-corrected chi connectivity index (χ0v) is 13.8. The van der Waals surface area contributed by atoms with Gasteiger partial charge in [-0.25, -0.2) is 0 Å². The van der Waals surface area contributed by atoms with Gasteiger partial charge in [0.1, 0.15) is 11.9 Å². The number of unbranched alkanes of at least 4 members (excludes halogenated alkanes) is 1. The maximum absolute atomic E-state index is 11.0. The van der Waals surface area contributed by atoms with E-state index in [0.717, 1.165) is 30.9 Å². The molecule has 3 nitrogen and oxygen atoms in total. The highest BCUT2D eigenvalue weighted by Gasteiger charge is 2.22. The van der Waals surface area contributed by atoms with Crippen molar-refractivity contribution in [1.82, 2.24) is 0 Å². The van der Waals surface area contributed by atoms with E-state index < -0.39 is 0 Å². The Labute approximate surface area is 134 Å². The minimum absolute atomic E-state index is 0.137. The summed E-state index contributed by atoms with van der Waals surface area (Å²) in [6.45, 7) is 1.50. The van der Waals surface area contributed by atoms with Gasteiger partial charge in [0.25, 0.3) is 0 Å². The van der Waals surface area contributed by atoms with E-state index in [0.29, 0.717) is 0 Å². The largest absolute Gasteiger partial charge is 0.497 e. The molecular formula is C19H28O3. The molecule has 3 heteroatoms. The fraction of sp³-hybridized carbons (Fsp3) is 0.632. The number of ether oxygens (including phenoxy) is 2. The second-order valence-corrected chi connectivity index (χ2v) is 6.35. The highest BCUT2D eigenvalue weighted by molar-refractivity contribution is 5.66. The van der Waals surface area contributed by atoms with Crippen molar-refractivity contribution in [2.75, 3.05) is 7.11 Å².